The van der Waals surface area contributed by atoms with E-state index in [9.17, 15) is 9.18 Å². The fraction of sp³-hybridized carbons (Fsp3) is 0.0714. The molecule has 19 heavy (non-hydrogen) atoms. The van der Waals surface area contributed by atoms with Gasteiger partial charge in [-0.1, -0.05) is 29.3 Å². The van der Waals surface area contributed by atoms with E-state index < -0.39 is 0 Å². The van der Waals surface area contributed by atoms with Crippen LogP contribution in [0.3, 0.4) is 0 Å². The number of rotatable bonds is 3. The topological polar surface area (TPSA) is 17.1 Å². The molecule has 2 rings (SSSR count). The van der Waals surface area contributed by atoms with Crippen LogP contribution in [0.5, 0.6) is 0 Å². The molecule has 0 aromatic heterocycles. The van der Waals surface area contributed by atoms with Crippen molar-refractivity contribution in [1.29, 1.82) is 0 Å². The molecule has 0 saturated heterocycles. The van der Waals surface area contributed by atoms with E-state index in [0.29, 0.717) is 19.2 Å². The summed E-state index contributed by atoms with van der Waals surface area (Å²) in [6.45, 7) is 0. The smallest absolute Gasteiger partial charge is 0.168 e. The number of carbonyl (C=O) groups excluding carboxylic acids is 1. The highest BCUT2D eigenvalue weighted by molar-refractivity contribution is 14.1. The Hall–Kier alpha value is -0.650. The first-order valence-corrected chi connectivity index (χ1v) is 7.23. The first-order chi connectivity index (χ1) is 8.97. The molecule has 0 heterocycles. The number of ketones is 1. The zero-order valence-corrected chi connectivity index (χ0v) is 13.3. The standard InChI is InChI=1S/C14H8Cl2FIO/c15-11-4-1-8(5-12(11)16)6-14(19)10-3-2-9(17)7-13(10)18/h1-5,7H,6H2. The van der Waals surface area contributed by atoms with Crippen LogP contribution >= 0.6 is 45.8 Å². The van der Waals surface area contributed by atoms with E-state index in [2.05, 4.69) is 0 Å². The second-order valence-corrected chi connectivity index (χ2v) is 5.95. The second-order valence-electron chi connectivity index (χ2n) is 3.97. The fourth-order valence-corrected chi connectivity index (χ4v) is 2.74. The van der Waals surface area contributed by atoms with Crippen molar-refractivity contribution in [3.63, 3.8) is 0 Å². The lowest BCUT2D eigenvalue weighted by Gasteiger charge is -2.05. The molecular formula is C14H8Cl2FIO. The van der Waals surface area contributed by atoms with Crippen LogP contribution in [0.25, 0.3) is 0 Å². The molecule has 0 aliphatic heterocycles. The van der Waals surface area contributed by atoms with Gasteiger partial charge in [0.05, 0.1) is 10.0 Å². The van der Waals surface area contributed by atoms with Crippen molar-refractivity contribution < 1.29 is 9.18 Å². The summed E-state index contributed by atoms with van der Waals surface area (Å²) in [7, 11) is 0. The van der Waals surface area contributed by atoms with E-state index in [-0.39, 0.29) is 18.0 Å². The van der Waals surface area contributed by atoms with Crippen LogP contribution in [0.1, 0.15) is 15.9 Å². The van der Waals surface area contributed by atoms with Gasteiger partial charge in [-0.3, -0.25) is 4.79 Å². The molecule has 0 unspecified atom stereocenters. The summed E-state index contributed by atoms with van der Waals surface area (Å²) in [5.74, 6) is -0.432. The zero-order valence-electron chi connectivity index (χ0n) is 9.59. The maximum atomic E-state index is 13.0. The monoisotopic (exact) mass is 408 g/mol. The predicted octanol–water partition coefficient (Wildman–Crippen LogP) is 5.16. The third kappa shape index (κ3) is 3.68. The Labute approximate surface area is 133 Å². The van der Waals surface area contributed by atoms with Crippen LogP contribution in [-0.2, 0) is 6.42 Å². The van der Waals surface area contributed by atoms with Crippen molar-refractivity contribution in [1.82, 2.24) is 0 Å². The number of hydrogen-bond donors (Lipinski definition) is 0. The minimum Gasteiger partial charge on any atom is -0.294 e. The lowest BCUT2D eigenvalue weighted by atomic mass is 10.0. The minimum absolute atomic E-state index is 0.0808. The molecule has 0 spiro atoms. The van der Waals surface area contributed by atoms with Crippen LogP contribution in [0.15, 0.2) is 36.4 Å². The molecule has 5 heteroatoms. The Morgan fingerprint density at radius 2 is 1.84 bits per heavy atom. The predicted molar refractivity (Wildman–Crippen MR) is 83.6 cm³/mol. The molecule has 0 fully saturated rings. The molecule has 0 atom stereocenters. The first-order valence-electron chi connectivity index (χ1n) is 5.39. The van der Waals surface area contributed by atoms with Gasteiger partial charge in [0.1, 0.15) is 5.82 Å². The summed E-state index contributed by atoms with van der Waals surface area (Å²) in [5.41, 5.74) is 1.28. The summed E-state index contributed by atoms with van der Waals surface area (Å²) >= 11 is 13.7. The van der Waals surface area contributed by atoms with Crippen molar-refractivity contribution in [2.24, 2.45) is 0 Å². The first kappa shape index (κ1) is 14.8. The van der Waals surface area contributed by atoms with Crippen molar-refractivity contribution in [3.05, 3.63) is 67.0 Å². The number of hydrogen-bond acceptors (Lipinski definition) is 1. The van der Waals surface area contributed by atoms with E-state index >= 15 is 0 Å². The van der Waals surface area contributed by atoms with Crippen molar-refractivity contribution in [3.8, 4) is 0 Å². The number of Topliss-reactive ketones (excluding diaryl/α,β-unsaturated/α-hetero) is 1. The summed E-state index contributed by atoms with van der Waals surface area (Å²) in [6.07, 6.45) is 0.207. The number of halogens is 4. The molecule has 0 radical (unpaired) electrons. The maximum absolute atomic E-state index is 13.0. The van der Waals surface area contributed by atoms with Crippen molar-refractivity contribution in [2.45, 2.75) is 6.42 Å². The van der Waals surface area contributed by atoms with Crippen molar-refractivity contribution in [2.75, 3.05) is 0 Å². The van der Waals surface area contributed by atoms with Gasteiger partial charge in [0.2, 0.25) is 0 Å². The minimum atomic E-state index is -0.351. The highest BCUT2D eigenvalue weighted by Gasteiger charge is 2.12. The molecular weight excluding hydrogens is 401 g/mol. The van der Waals surface area contributed by atoms with Gasteiger partial charge in [-0.2, -0.15) is 0 Å². The summed E-state index contributed by atoms with van der Waals surface area (Å²) in [5, 5.41) is 0.870. The molecule has 98 valence electrons. The largest absolute Gasteiger partial charge is 0.294 e. The average molecular weight is 409 g/mol. The Bertz CT molecular complexity index is 643. The van der Waals surface area contributed by atoms with Crippen LogP contribution < -0.4 is 0 Å². The van der Waals surface area contributed by atoms with E-state index in [1.807, 2.05) is 22.6 Å². The molecule has 0 aliphatic carbocycles. The van der Waals surface area contributed by atoms with Gasteiger partial charge in [0.25, 0.3) is 0 Å². The summed E-state index contributed by atoms with van der Waals surface area (Å²) < 4.78 is 13.6. The highest BCUT2D eigenvalue weighted by Crippen LogP contribution is 2.24. The van der Waals surface area contributed by atoms with Gasteiger partial charge in [0, 0.05) is 15.6 Å². The van der Waals surface area contributed by atoms with Gasteiger partial charge >= 0.3 is 0 Å². The third-order valence-electron chi connectivity index (χ3n) is 2.58. The average Bonchev–Trinajstić information content (AvgIpc) is 2.33. The van der Waals surface area contributed by atoms with Gasteiger partial charge in [0.15, 0.2) is 5.78 Å². The fourth-order valence-electron chi connectivity index (χ4n) is 1.65. The number of carbonyl (C=O) groups is 1. The van der Waals surface area contributed by atoms with Gasteiger partial charge in [-0.15, -0.1) is 0 Å². The second kappa shape index (κ2) is 6.20. The van der Waals surface area contributed by atoms with Crippen LogP contribution in [0.4, 0.5) is 4.39 Å². The van der Waals surface area contributed by atoms with Crippen LogP contribution in [0, 0.1) is 9.39 Å². The SMILES string of the molecule is O=C(Cc1ccc(Cl)c(Cl)c1)c1ccc(F)cc1I. The lowest BCUT2D eigenvalue weighted by molar-refractivity contribution is 0.0992. The molecule has 0 amide bonds. The molecule has 0 bridgehead atoms. The lowest BCUT2D eigenvalue weighted by Crippen LogP contribution is -2.06. The Balaban J connectivity index is 2.23. The zero-order chi connectivity index (χ0) is 14.0. The van der Waals surface area contributed by atoms with Gasteiger partial charge < -0.3 is 0 Å². The van der Waals surface area contributed by atoms with E-state index in [1.165, 1.54) is 18.2 Å². The molecule has 1 nitrogen and oxygen atoms in total. The Morgan fingerprint density at radius 3 is 2.47 bits per heavy atom. The quantitative estimate of drug-likeness (QED) is 0.506. The normalized spacial score (nSPS) is 10.5. The van der Waals surface area contributed by atoms with E-state index in [4.69, 9.17) is 23.2 Å². The Kier molecular flexibility index (Phi) is 4.81. The molecule has 0 N–H and O–H groups in total. The van der Waals surface area contributed by atoms with Crippen molar-refractivity contribution >= 4 is 51.6 Å². The molecule has 0 saturated carbocycles. The summed E-state index contributed by atoms with van der Waals surface area (Å²) in [4.78, 5) is 12.1. The molecule has 0 aliphatic rings. The van der Waals surface area contributed by atoms with Gasteiger partial charge in [-0.05, 0) is 58.5 Å². The molecule has 2 aromatic rings. The van der Waals surface area contributed by atoms with Crippen LogP contribution in [0.2, 0.25) is 10.0 Å². The van der Waals surface area contributed by atoms with E-state index in [1.54, 1.807) is 18.2 Å². The third-order valence-corrected chi connectivity index (χ3v) is 4.21. The van der Waals surface area contributed by atoms with E-state index in [0.717, 1.165) is 5.56 Å². The van der Waals surface area contributed by atoms with Crippen LogP contribution in [-0.4, -0.2) is 5.78 Å². The number of benzene rings is 2. The Morgan fingerprint density at radius 1 is 1.11 bits per heavy atom. The summed E-state index contributed by atoms with van der Waals surface area (Å²) in [6, 6.07) is 9.19. The highest BCUT2D eigenvalue weighted by atomic mass is 127. The maximum Gasteiger partial charge on any atom is 0.168 e. The van der Waals surface area contributed by atoms with Gasteiger partial charge in [-0.25, -0.2) is 4.39 Å². The molecule has 2 aromatic carbocycles.